The number of anilines is 1. The van der Waals surface area contributed by atoms with E-state index in [1.165, 1.54) is 16.4 Å². The van der Waals surface area contributed by atoms with Crippen molar-refractivity contribution in [3.8, 4) is 0 Å². The second-order valence-electron chi connectivity index (χ2n) is 3.73. The van der Waals surface area contributed by atoms with Crippen LogP contribution >= 0.6 is 11.5 Å². The van der Waals surface area contributed by atoms with Gasteiger partial charge in [-0.1, -0.05) is 0 Å². The number of nitrogens with zero attached hydrogens (tertiary/aromatic N) is 2. The quantitative estimate of drug-likeness (QED) is 0.800. The third-order valence-electron chi connectivity index (χ3n) is 2.44. The Balaban J connectivity index is 2.24. The first-order valence-electron chi connectivity index (χ1n) is 4.63. The minimum absolute atomic E-state index is 0.0459. The Morgan fingerprint density at radius 3 is 2.75 bits per heavy atom. The molecule has 2 N–H and O–H groups in total. The lowest BCUT2D eigenvalue weighted by atomic mass is 10.4. The fourth-order valence-corrected chi connectivity index (χ4v) is 3.11. The molecule has 1 amide bonds. The Hall–Kier alpha value is -0.990. The van der Waals surface area contributed by atoms with E-state index in [1.54, 1.807) is 6.07 Å². The zero-order valence-corrected chi connectivity index (χ0v) is 10.2. The molecule has 1 unspecified atom stereocenters. The van der Waals surface area contributed by atoms with E-state index in [0.717, 1.165) is 5.69 Å². The fraction of sp³-hybridized carbons (Fsp3) is 0.500. The van der Waals surface area contributed by atoms with Crippen molar-refractivity contribution >= 4 is 32.5 Å². The summed E-state index contributed by atoms with van der Waals surface area (Å²) in [5, 5.41) is 4.90. The average Bonchev–Trinajstić information content (AvgIpc) is 2.70. The van der Waals surface area contributed by atoms with Gasteiger partial charge in [0.15, 0.2) is 0 Å². The second kappa shape index (κ2) is 3.79. The number of nitrogens with two attached hydrogens (primary N) is 1. The van der Waals surface area contributed by atoms with Crippen molar-refractivity contribution in [3.05, 3.63) is 11.8 Å². The zero-order valence-electron chi connectivity index (χ0n) is 8.58. The Labute approximate surface area is 97.3 Å². The number of carbonyl (C=O) groups excluding carboxylic acids is 1. The van der Waals surface area contributed by atoms with Gasteiger partial charge in [-0.2, -0.15) is 4.37 Å². The Bertz CT molecular complexity index is 522. The number of sulfonamides is 1. The van der Waals surface area contributed by atoms with Crippen LogP contribution in [0.4, 0.5) is 5.00 Å². The lowest BCUT2D eigenvalue weighted by molar-refractivity contribution is -0.117. The number of aromatic nitrogens is 1. The molecule has 1 fully saturated rings. The van der Waals surface area contributed by atoms with Crippen LogP contribution in [0.15, 0.2) is 6.07 Å². The number of carbonyl (C=O) groups is 1. The monoisotopic (exact) mass is 261 g/mol. The Morgan fingerprint density at radius 1 is 1.62 bits per heavy atom. The molecule has 0 saturated carbocycles. The minimum atomic E-state index is -3.65. The lowest BCUT2D eigenvalue weighted by Crippen LogP contribution is -2.31. The highest BCUT2D eigenvalue weighted by molar-refractivity contribution is 7.89. The molecule has 0 radical (unpaired) electrons. The number of hydrogen-bond acceptors (Lipinski definition) is 5. The molecule has 8 heteroatoms. The molecule has 1 atom stereocenters. The first kappa shape index (κ1) is 11.5. The molecule has 1 saturated heterocycles. The number of aryl methyl sites for hydroxylation is 1. The summed E-state index contributed by atoms with van der Waals surface area (Å²) in [4.78, 5) is 13.1. The fourth-order valence-electron chi connectivity index (χ4n) is 1.59. The predicted molar refractivity (Wildman–Crippen MR) is 60.7 cm³/mol. The lowest BCUT2D eigenvalue weighted by Gasteiger charge is -2.12. The van der Waals surface area contributed by atoms with Crippen LogP contribution in [0, 0.1) is 6.92 Å². The highest BCUT2D eigenvalue weighted by atomic mass is 32.2. The average molecular weight is 261 g/mol. The highest BCUT2D eigenvalue weighted by Crippen LogP contribution is 2.27. The summed E-state index contributed by atoms with van der Waals surface area (Å²) in [7, 11) is -3.65. The largest absolute Gasteiger partial charge is 0.301 e. The van der Waals surface area contributed by atoms with Crippen LogP contribution in [0.5, 0.6) is 0 Å². The predicted octanol–water partition coefficient (Wildman–Crippen LogP) is -0.155. The minimum Gasteiger partial charge on any atom is -0.301 e. The zero-order chi connectivity index (χ0) is 11.9. The van der Waals surface area contributed by atoms with Gasteiger partial charge in [0.1, 0.15) is 10.3 Å². The summed E-state index contributed by atoms with van der Waals surface area (Å²) in [5.74, 6) is -0.220. The van der Waals surface area contributed by atoms with Crippen LogP contribution in [0.25, 0.3) is 0 Å². The van der Waals surface area contributed by atoms with Gasteiger partial charge in [-0.3, -0.25) is 4.79 Å². The molecular formula is C8H11N3O3S2. The summed E-state index contributed by atoms with van der Waals surface area (Å²) < 4.78 is 26.3. The van der Waals surface area contributed by atoms with Gasteiger partial charge in [0.05, 0.1) is 5.69 Å². The van der Waals surface area contributed by atoms with E-state index in [0.29, 0.717) is 5.00 Å². The molecule has 0 spiro atoms. The molecule has 6 nitrogen and oxygen atoms in total. The van der Waals surface area contributed by atoms with E-state index in [-0.39, 0.29) is 18.9 Å². The second-order valence-corrected chi connectivity index (χ2v) is 6.35. The maximum Gasteiger partial charge on any atom is 0.229 e. The van der Waals surface area contributed by atoms with Gasteiger partial charge in [-0.15, -0.1) is 0 Å². The van der Waals surface area contributed by atoms with E-state index < -0.39 is 15.3 Å². The van der Waals surface area contributed by atoms with Crippen molar-refractivity contribution in [2.45, 2.75) is 18.6 Å². The van der Waals surface area contributed by atoms with E-state index in [9.17, 15) is 13.2 Å². The van der Waals surface area contributed by atoms with Gasteiger partial charge in [0.2, 0.25) is 15.9 Å². The molecule has 16 heavy (non-hydrogen) atoms. The van der Waals surface area contributed by atoms with E-state index >= 15 is 0 Å². The molecule has 0 aromatic carbocycles. The molecule has 1 aromatic heterocycles. The van der Waals surface area contributed by atoms with Crippen LogP contribution in [0.3, 0.4) is 0 Å². The molecule has 1 aromatic rings. The van der Waals surface area contributed by atoms with Crippen molar-refractivity contribution < 1.29 is 13.2 Å². The maximum absolute atomic E-state index is 11.6. The first-order chi connectivity index (χ1) is 7.38. The Kier molecular flexibility index (Phi) is 2.72. The normalized spacial score (nSPS) is 21.8. The van der Waals surface area contributed by atoms with Crippen LogP contribution in [-0.2, 0) is 14.8 Å². The van der Waals surface area contributed by atoms with Gasteiger partial charge in [-0.25, -0.2) is 13.6 Å². The van der Waals surface area contributed by atoms with Crippen molar-refractivity contribution in [2.24, 2.45) is 5.14 Å². The first-order valence-corrected chi connectivity index (χ1v) is 7.01. The van der Waals surface area contributed by atoms with Gasteiger partial charge in [-0.05, 0) is 24.5 Å². The molecule has 88 valence electrons. The van der Waals surface area contributed by atoms with Crippen molar-refractivity contribution in [2.75, 3.05) is 11.4 Å². The van der Waals surface area contributed by atoms with Gasteiger partial charge in [0, 0.05) is 13.0 Å². The highest BCUT2D eigenvalue weighted by Gasteiger charge is 2.37. The number of amides is 1. The number of hydrogen-bond donors (Lipinski definition) is 1. The summed E-state index contributed by atoms with van der Waals surface area (Å²) >= 11 is 1.18. The Morgan fingerprint density at radius 2 is 2.31 bits per heavy atom. The SMILES string of the molecule is Cc1cc(N2CC(S(N)(=O)=O)CC2=O)sn1. The smallest absolute Gasteiger partial charge is 0.229 e. The molecule has 2 heterocycles. The molecule has 1 aliphatic rings. The van der Waals surface area contributed by atoms with E-state index in [2.05, 4.69) is 4.37 Å². The summed E-state index contributed by atoms with van der Waals surface area (Å²) in [6.07, 6.45) is -0.0459. The van der Waals surface area contributed by atoms with Crippen LogP contribution in [-0.4, -0.2) is 30.5 Å². The molecule has 1 aliphatic heterocycles. The van der Waals surface area contributed by atoms with Crippen LogP contribution in [0.2, 0.25) is 0 Å². The van der Waals surface area contributed by atoms with E-state index in [4.69, 9.17) is 5.14 Å². The number of rotatable bonds is 2. The van der Waals surface area contributed by atoms with Gasteiger partial charge >= 0.3 is 0 Å². The molecule has 0 aliphatic carbocycles. The third-order valence-corrected chi connectivity index (χ3v) is 4.59. The van der Waals surface area contributed by atoms with Crippen molar-refractivity contribution in [3.63, 3.8) is 0 Å². The van der Waals surface area contributed by atoms with Gasteiger partial charge < -0.3 is 4.90 Å². The standard InChI is InChI=1S/C8H11N3O3S2/c1-5-2-8(15-10-5)11-4-6(3-7(11)12)16(9,13)14/h2,6H,3-4H2,1H3,(H2,9,13,14). The topological polar surface area (TPSA) is 93.4 Å². The van der Waals surface area contributed by atoms with Gasteiger partial charge in [0.25, 0.3) is 0 Å². The molecular weight excluding hydrogens is 250 g/mol. The van der Waals surface area contributed by atoms with Crippen LogP contribution in [0.1, 0.15) is 12.1 Å². The van der Waals surface area contributed by atoms with Crippen LogP contribution < -0.4 is 10.0 Å². The molecule has 0 bridgehead atoms. The van der Waals surface area contributed by atoms with E-state index in [1.807, 2.05) is 6.92 Å². The molecule has 2 rings (SSSR count). The maximum atomic E-state index is 11.6. The third kappa shape index (κ3) is 2.08. The summed E-state index contributed by atoms with van der Waals surface area (Å²) in [5.41, 5.74) is 0.812. The summed E-state index contributed by atoms with van der Waals surface area (Å²) in [6, 6.07) is 1.76. The summed E-state index contributed by atoms with van der Waals surface area (Å²) in [6.45, 7) is 1.94. The number of primary sulfonamides is 1. The van der Waals surface area contributed by atoms with Crippen molar-refractivity contribution in [1.29, 1.82) is 0 Å². The van der Waals surface area contributed by atoms with Crippen molar-refractivity contribution in [1.82, 2.24) is 4.37 Å².